The lowest BCUT2D eigenvalue weighted by molar-refractivity contribution is 0.556. The van der Waals surface area contributed by atoms with E-state index in [2.05, 4.69) is 27.4 Å². The molecule has 1 saturated carbocycles. The van der Waals surface area contributed by atoms with Gasteiger partial charge in [-0.2, -0.15) is 0 Å². The number of allylic oxidation sites excluding steroid dienone is 1. The summed E-state index contributed by atoms with van der Waals surface area (Å²) in [5, 5.41) is 0. The van der Waals surface area contributed by atoms with E-state index in [0.717, 1.165) is 5.92 Å². The maximum absolute atomic E-state index is 3.90. The molecule has 0 saturated heterocycles. The quantitative estimate of drug-likeness (QED) is 0.496. The van der Waals surface area contributed by atoms with E-state index in [4.69, 9.17) is 0 Å². The van der Waals surface area contributed by atoms with Gasteiger partial charge in [-0.25, -0.2) is 0 Å². The topological polar surface area (TPSA) is 0 Å². The smallest absolute Gasteiger partial charge is 0.0292 e. The van der Waals surface area contributed by atoms with E-state index in [-0.39, 0.29) is 0 Å². The van der Waals surface area contributed by atoms with Crippen molar-refractivity contribution < 1.29 is 0 Å². The molecule has 0 heteroatoms. The van der Waals surface area contributed by atoms with Crippen LogP contribution in [0.5, 0.6) is 0 Å². The predicted molar refractivity (Wildman–Crippen MR) is 41.3 cm³/mol. The van der Waals surface area contributed by atoms with Crippen molar-refractivity contribution in [2.45, 2.75) is 33.6 Å². The molecule has 0 aromatic rings. The average molecular weight is 124 g/mol. The molecule has 0 aromatic carbocycles. The summed E-state index contributed by atoms with van der Waals surface area (Å²) in [6.45, 7) is 10.7. The van der Waals surface area contributed by atoms with Crippen LogP contribution in [0.2, 0.25) is 0 Å². The van der Waals surface area contributed by atoms with E-state index in [1.54, 1.807) is 0 Å². The third-order valence-electron chi connectivity index (χ3n) is 2.31. The summed E-state index contributed by atoms with van der Waals surface area (Å²) in [5.74, 6) is 0.940. The minimum atomic E-state index is 0.638. The highest BCUT2D eigenvalue weighted by Gasteiger charge is 2.44. The SMILES string of the molecule is C=C(C)C[C@H]1CC1(C)C. The zero-order valence-corrected chi connectivity index (χ0v) is 6.70. The zero-order valence-electron chi connectivity index (χ0n) is 6.70. The van der Waals surface area contributed by atoms with Crippen LogP contribution in [0.4, 0.5) is 0 Å². The fraction of sp³-hybridized carbons (Fsp3) is 0.778. The Morgan fingerprint density at radius 3 is 2.22 bits per heavy atom. The van der Waals surface area contributed by atoms with Crippen LogP contribution in [0, 0.1) is 11.3 Å². The predicted octanol–water partition coefficient (Wildman–Crippen LogP) is 3.00. The Morgan fingerprint density at radius 2 is 2.11 bits per heavy atom. The summed E-state index contributed by atoms with van der Waals surface area (Å²) in [6.07, 6.45) is 2.65. The molecule has 0 aliphatic heterocycles. The molecule has 0 bridgehead atoms. The number of rotatable bonds is 2. The molecule has 1 aliphatic carbocycles. The average Bonchev–Trinajstić information content (AvgIpc) is 2.10. The van der Waals surface area contributed by atoms with E-state index in [0.29, 0.717) is 5.41 Å². The molecule has 9 heavy (non-hydrogen) atoms. The van der Waals surface area contributed by atoms with Gasteiger partial charge < -0.3 is 0 Å². The Labute approximate surface area is 58.0 Å². The standard InChI is InChI=1S/C9H16/c1-7(2)5-8-6-9(8,3)4/h8H,1,5-6H2,2-4H3/t8-/m0/s1. The van der Waals surface area contributed by atoms with Gasteiger partial charge in [0.15, 0.2) is 0 Å². The van der Waals surface area contributed by atoms with Gasteiger partial charge in [-0.1, -0.05) is 19.4 Å². The Bertz CT molecular complexity index is 131. The van der Waals surface area contributed by atoms with Crippen molar-refractivity contribution >= 4 is 0 Å². The number of hydrogen-bond donors (Lipinski definition) is 0. The van der Waals surface area contributed by atoms with Crippen LogP contribution in [0.1, 0.15) is 33.6 Å². The molecule has 1 fully saturated rings. The van der Waals surface area contributed by atoms with Gasteiger partial charge in [-0.05, 0) is 31.1 Å². The van der Waals surface area contributed by atoms with Crippen LogP contribution in [-0.4, -0.2) is 0 Å². The molecule has 0 unspecified atom stereocenters. The van der Waals surface area contributed by atoms with Gasteiger partial charge in [-0.15, -0.1) is 6.58 Å². The van der Waals surface area contributed by atoms with Crippen LogP contribution >= 0.6 is 0 Å². The molecule has 0 radical (unpaired) electrons. The maximum Gasteiger partial charge on any atom is -0.0292 e. The van der Waals surface area contributed by atoms with Crippen molar-refractivity contribution in [3.8, 4) is 0 Å². The van der Waals surface area contributed by atoms with Gasteiger partial charge in [0.2, 0.25) is 0 Å². The summed E-state index contributed by atoms with van der Waals surface area (Å²) >= 11 is 0. The van der Waals surface area contributed by atoms with Gasteiger partial charge in [0.1, 0.15) is 0 Å². The first-order chi connectivity index (χ1) is 4.02. The second kappa shape index (κ2) is 1.86. The molecule has 1 atom stereocenters. The summed E-state index contributed by atoms with van der Waals surface area (Å²) in [6, 6.07) is 0. The van der Waals surface area contributed by atoms with E-state index in [1.165, 1.54) is 18.4 Å². The summed E-state index contributed by atoms with van der Waals surface area (Å²) < 4.78 is 0. The van der Waals surface area contributed by atoms with Crippen LogP contribution < -0.4 is 0 Å². The molecule has 1 aliphatic rings. The van der Waals surface area contributed by atoms with E-state index in [1.807, 2.05) is 0 Å². The molecule has 0 aromatic heterocycles. The first-order valence-electron chi connectivity index (χ1n) is 3.67. The summed E-state index contributed by atoms with van der Waals surface area (Å²) in [4.78, 5) is 0. The molecule has 0 amide bonds. The lowest BCUT2D eigenvalue weighted by Gasteiger charge is -2.00. The first kappa shape index (κ1) is 6.85. The third-order valence-corrected chi connectivity index (χ3v) is 2.31. The number of hydrogen-bond acceptors (Lipinski definition) is 0. The van der Waals surface area contributed by atoms with Crippen molar-refractivity contribution in [3.05, 3.63) is 12.2 Å². The minimum absolute atomic E-state index is 0.638. The van der Waals surface area contributed by atoms with Crippen LogP contribution in [0.15, 0.2) is 12.2 Å². The van der Waals surface area contributed by atoms with Crippen LogP contribution in [0.3, 0.4) is 0 Å². The van der Waals surface area contributed by atoms with Gasteiger partial charge in [-0.3, -0.25) is 0 Å². The molecular formula is C9H16. The first-order valence-corrected chi connectivity index (χ1v) is 3.67. The highest BCUT2D eigenvalue weighted by atomic mass is 14.5. The van der Waals surface area contributed by atoms with Gasteiger partial charge >= 0.3 is 0 Å². The monoisotopic (exact) mass is 124 g/mol. The largest absolute Gasteiger partial charge is 0.100 e. The Morgan fingerprint density at radius 1 is 1.67 bits per heavy atom. The third kappa shape index (κ3) is 1.57. The fourth-order valence-corrected chi connectivity index (χ4v) is 1.35. The molecule has 0 N–H and O–H groups in total. The Balaban J connectivity index is 2.28. The van der Waals surface area contributed by atoms with Crippen molar-refractivity contribution in [2.75, 3.05) is 0 Å². The lowest BCUT2D eigenvalue weighted by atomic mass is 10.1. The lowest BCUT2D eigenvalue weighted by Crippen LogP contribution is -1.89. The second-order valence-electron chi connectivity index (χ2n) is 4.05. The molecule has 52 valence electrons. The zero-order chi connectivity index (χ0) is 7.07. The Hall–Kier alpha value is -0.260. The Kier molecular flexibility index (Phi) is 1.42. The maximum atomic E-state index is 3.90. The van der Waals surface area contributed by atoms with E-state index >= 15 is 0 Å². The highest BCUT2D eigenvalue weighted by Crippen LogP contribution is 2.54. The molecule has 0 heterocycles. The van der Waals surface area contributed by atoms with Crippen molar-refractivity contribution in [2.24, 2.45) is 11.3 Å². The summed E-state index contributed by atoms with van der Waals surface area (Å²) in [7, 11) is 0. The molecular weight excluding hydrogens is 108 g/mol. The van der Waals surface area contributed by atoms with E-state index < -0.39 is 0 Å². The second-order valence-corrected chi connectivity index (χ2v) is 4.05. The van der Waals surface area contributed by atoms with Crippen molar-refractivity contribution in [1.29, 1.82) is 0 Å². The fourth-order valence-electron chi connectivity index (χ4n) is 1.35. The highest BCUT2D eigenvalue weighted by molar-refractivity contribution is 5.03. The van der Waals surface area contributed by atoms with Crippen LogP contribution in [-0.2, 0) is 0 Å². The van der Waals surface area contributed by atoms with Crippen molar-refractivity contribution in [3.63, 3.8) is 0 Å². The van der Waals surface area contributed by atoms with Gasteiger partial charge in [0.25, 0.3) is 0 Å². The van der Waals surface area contributed by atoms with Gasteiger partial charge in [0.05, 0.1) is 0 Å². The van der Waals surface area contributed by atoms with Crippen molar-refractivity contribution in [1.82, 2.24) is 0 Å². The minimum Gasteiger partial charge on any atom is -0.100 e. The van der Waals surface area contributed by atoms with E-state index in [9.17, 15) is 0 Å². The normalized spacial score (nSPS) is 29.9. The molecule has 1 rings (SSSR count). The molecule has 0 spiro atoms. The molecule has 0 nitrogen and oxygen atoms in total. The summed E-state index contributed by atoms with van der Waals surface area (Å²) in [5.41, 5.74) is 1.98. The van der Waals surface area contributed by atoms with Gasteiger partial charge in [0, 0.05) is 0 Å². The van der Waals surface area contributed by atoms with Crippen LogP contribution in [0.25, 0.3) is 0 Å².